The molecule has 4 N–H and O–H groups in total. The first kappa shape index (κ1) is 25.0. The molecule has 1 unspecified atom stereocenters. The van der Waals surface area contributed by atoms with Gasteiger partial charge in [-0.2, -0.15) is 0 Å². The number of nitrogens with one attached hydrogen (secondary N) is 2. The molecule has 9 nitrogen and oxygen atoms in total. The maximum absolute atomic E-state index is 12.9. The molecule has 1 amide bonds. The highest BCUT2D eigenvalue weighted by molar-refractivity contribution is 5.97. The van der Waals surface area contributed by atoms with E-state index in [9.17, 15) is 4.79 Å². The van der Waals surface area contributed by atoms with Gasteiger partial charge in [0.25, 0.3) is 5.91 Å². The van der Waals surface area contributed by atoms with Gasteiger partial charge in [0.1, 0.15) is 28.7 Å². The summed E-state index contributed by atoms with van der Waals surface area (Å²) in [4.78, 5) is 22.4. The van der Waals surface area contributed by atoms with Crippen LogP contribution in [0.15, 0.2) is 54.9 Å². The minimum Gasteiger partial charge on any atom is -0.497 e. The number of rotatable bonds is 7. The minimum atomic E-state index is -0.131. The summed E-state index contributed by atoms with van der Waals surface area (Å²) in [6, 6.07) is 13.7. The summed E-state index contributed by atoms with van der Waals surface area (Å²) in [5, 5.41) is 6.74. The fourth-order valence-corrected chi connectivity index (χ4v) is 6.05. The predicted octanol–water partition coefficient (Wildman–Crippen LogP) is 4.74. The van der Waals surface area contributed by atoms with Crippen LogP contribution in [-0.4, -0.2) is 41.0 Å². The lowest BCUT2D eigenvalue weighted by molar-refractivity contribution is 0.0939. The van der Waals surface area contributed by atoms with Crippen molar-refractivity contribution in [1.29, 1.82) is 0 Å². The molecule has 2 aromatic heterocycles. The molecule has 0 radical (unpaired) electrons. The second-order valence-corrected chi connectivity index (χ2v) is 10.4. The number of carbonyl (C=O) groups is 1. The van der Waals surface area contributed by atoms with Gasteiger partial charge in [-0.25, -0.2) is 9.97 Å². The number of nitrogens with two attached hydrogens (primary N) is 1. The Morgan fingerprint density at radius 1 is 1.13 bits per heavy atom. The number of benzene rings is 2. The topological polar surface area (TPSA) is 116 Å². The number of hydrogen-bond donors (Lipinski definition) is 3. The number of amides is 1. The van der Waals surface area contributed by atoms with E-state index in [1.165, 1.54) is 5.56 Å². The molecule has 39 heavy (non-hydrogen) atoms. The van der Waals surface area contributed by atoms with E-state index in [2.05, 4.69) is 44.3 Å². The van der Waals surface area contributed by atoms with Crippen molar-refractivity contribution in [1.82, 2.24) is 19.7 Å². The molecule has 202 valence electrons. The third-order valence-corrected chi connectivity index (χ3v) is 8.16. The summed E-state index contributed by atoms with van der Waals surface area (Å²) in [5.41, 5.74) is 11.2. The Balaban J connectivity index is 1.13. The summed E-state index contributed by atoms with van der Waals surface area (Å²) < 4.78 is 12.8. The maximum atomic E-state index is 12.9. The Kier molecular flexibility index (Phi) is 6.72. The van der Waals surface area contributed by atoms with Gasteiger partial charge in [0.15, 0.2) is 0 Å². The van der Waals surface area contributed by atoms with E-state index >= 15 is 0 Å². The van der Waals surface area contributed by atoms with Crippen LogP contribution in [0.4, 0.5) is 11.5 Å². The van der Waals surface area contributed by atoms with E-state index in [0.717, 1.165) is 54.8 Å². The zero-order valence-electron chi connectivity index (χ0n) is 22.3. The highest BCUT2D eigenvalue weighted by Crippen LogP contribution is 2.40. The molecule has 0 bridgehead atoms. The number of imidazole rings is 1. The average molecular weight is 527 g/mol. The van der Waals surface area contributed by atoms with Gasteiger partial charge in [-0.1, -0.05) is 18.2 Å². The zero-order chi connectivity index (χ0) is 26.9. The molecule has 6 rings (SSSR count). The highest BCUT2D eigenvalue weighted by atomic mass is 16.5. The van der Waals surface area contributed by atoms with Crippen molar-refractivity contribution in [3.05, 3.63) is 77.5 Å². The SMILES string of the molecule is COc1ccc(C(=O)NCC2CCC(c3nc(C4Cc5ccccc5N4)c4c(N)nccn34)CC2)c(OC)c1. The number of fused-ring (bicyclic) bond motifs is 2. The zero-order valence-corrected chi connectivity index (χ0v) is 22.3. The van der Waals surface area contributed by atoms with E-state index in [1.54, 1.807) is 38.6 Å². The van der Waals surface area contributed by atoms with E-state index in [4.69, 9.17) is 20.2 Å². The van der Waals surface area contributed by atoms with Crippen LogP contribution in [0.2, 0.25) is 0 Å². The lowest BCUT2D eigenvalue weighted by Crippen LogP contribution is -2.31. The molecule has 9 heteroatoms. The summed E-state index contributed by atoms with van der Waals surface area (Å²) in [5.74, 6) is 3.33. The largest absolute Gasteiger partial charge is 0.497 e. The average Bonchev–Trinajstić information content (AvgIpc) is 3.58. The fraction of sp³-hybridized carbons (Fsp3) is 0.367. The van der Waals surface area contributed by atoms with Gasteiger partial charge in [-0.3, -0.25) is 9.20 Å². The van der Waals surface area contributed by atoms with Crippen LogP contribution >= 0.6 is 0 Å². The molecule has 1 aliphatic heterocycles. The van der Waals surface area contributed by atoms with Crippen molar-refractivity contribution in [3.8, 4) is 11.5 Å². The number of para-hydroxylation sites is 1. The second-order valence-electron chi connectivity index (χ2n) is 10.4. The van der Waals surface area contributed by atoms with Crippen LogP contribution in [0.3, 0.4) is 0 Å². The second kappa shape index (κ2) is 10.5. The van der Waals surface area contributed by atoms with Gasteiger partial charge in [0.05, 0.1) is 31.5 Å². The molecule has 4 aromatic rings. The fourth-order valence-electron chi connectivity index (χ4n) is 6.05. The number of nitrogens with zero attached hydrogens (tertiary/aromatic N) is 3. The first-order chi connectivity index (χ1) is 19.1. The van der Waals surface area contributed by atoms with Gasteiger partial charge in [-0.15, -0.1) is 0 Å². The normalized spacial score (nSPS) is 20.3. The molecule has 1 aliphatic carbocycles. The summed E-state index contributed by atoms with van der Waals surface area (Å²) >= 11 is 0. The van der Waals surface area contributed by atoms with Gasteiger partial charge in [0, 0.05) is 43.0 Å². The molecule has 0 saturated heterocycles. The Labute approximate surface area is 227 Å². The predicted molar refractivity (Wildman–Crippen MR) is 150 cm³/mol. The van der Waals surface area contributed by atoms with Crippen molar-refractivity contribution < 1.29 is 14.3 Å². The maximum Gasteiger partial charge on any atom is 0.255 e. The monoisotopic (exact) mass is 526 g/mol. The molecule has 0 spiro atoms. The van der Waals surface area contributed by atoms with Gasteiger partial charge in [0.2, 0.25) is 0 Å². The summed E-state index contributed by atoms with van der Waals surface area (Å²) in [6.07, 6.45) is 8.65. The van der Waals surface area contributed by atoms with E-state index < -0.39 is 0 Å². The number of aromatic nitrogens is 3. The first-order valence-corrected chi connectivity index (χ1v) is 13.5. The summed E-state index contributed by atoms with van der Waals surface area (Å²) in [7, 11) is 3.15. The minimum absolute atomic E-state index is 0.0687. The van der Waals surface area contributed by atoms with Crippen LogP contribution < -0.4 is 25.8 Å². The Morgan fingerprint density at radius 3 is 2.72 bits per heavy atom. The van der Waals surface area contributed by atoms with Crippen molar-refractivity contribution in [3.63, 3.8) is 0 Å². The molecule has 1 saturated carbocycles. The van der Waals surface area contributed by atoms with Crippen LogP contribution in [-0.2, 0) is 6.42 Å². The lowest BCUT2D eigenvalue weighted by atomic mass is 9.81. The van der Waals surface area contributed by atoms with Gasteiger partial charge in [-0.05, 0) is 55.4 Å². The lowest BCUT2D eigenvalue weighted by Gasteiger charge is -2.28. The molecular weight excluding hydrogens is 492 g/mol. The molecule has 1 fully saturated rings. The third-order valence-electron chi connectivity index (χ3n) is 8.16. The standard InChI is InChI=1S/C30H34N6O3/c1-38-21-11-12-22(25(16-21)39-2)30(37)33-17-18-7-9-19(10-8-18)29-35-26(27-28(31)32-13-14-36(27)29)24-15-20-5-3-4-6-23(20)34-24/h3-6,11-14,16,18-19,24,34H,7-10,15,17H2,1-2H3,(H2,31,32)(H,33,37). The van der Waals surface area contributed by atoms with Crippen LogP contribution in [0.5, 0.6) is 11.5 Å². The molecule has 2 aliphatic rings. The molecule has 1 atom stereocenters. The van der Waals surface area contributed by atoms with Gasteiger partial charge < -0.3 is 25.8 Å². The van der Waals surface area contributed by atoms with E-state index in [-0.39, 0.29) is 11.9 Å². The van der Waals surface area contributed by atoms with Crippen LogP contribution in [0.1, 0.15) is 65.1 Å². The van der Waals surface area contributed by atoms with Crippen molar-refractivity contribution in [2.75, 3.05) is 31.8 Å². The molecule has 2 aromatic carbocycles. The molecule has 3 heterocycles. The summed E-state index contributed by atoms with van der Waals surface area (Å²) in [6.45, 7) is 0.634. The number of anilines is 2. The number of carbonyl (C=O) groups excluding carboxylic acids is 1. The van der Waals surface area contributed by atoms with Crippen LogP contribution in [0, 0.1) is 5.92 Å². The molecular formula is C30H34N6O3. The van der Waals surface area contributed by atoms with Crippen molar-refractivity contribution >= 4 is 22.9 Å². The Hall–Kier alpha value is -4.27. The third kappa shape index (κ3) is 4.73. The smallest absolute Gasteiger partial charge is 0.255 e. The van der Waals surface area contributed by atoms with Gasteiger partial charge >= 0.3 is 0 Å². The highest BCUT2D eigenvalue weighted by Gasteiger charge is 2.31. The van der Waals surface area contributed by atoms with E-state index in [0.29, 0.717) is 41.3 Å². The van der Waals surface area contributed by atoms with Crippen molar-refractivity contribution in [2.24, 2.45) is 5.92 Å². The van der Waals surface area contributed by atoms with Crippen molar-refractivity contribution in [2.45, 2.75) is 44.1 Å². The Bertz CT molecular complexity index is 1480. The number of hydrogen-bond acceptors (Lipinski definition) is 7. The Morgan fingerprint density at radius 2 is 1.95 bits per heavy atom. The van der Waals surface area contributed by atoms with E-state index in [1.807, 2.05) is 6.20 Å². The van der Waals surface area contributed by atoms with Crippen LogP contribution in [0.25, 0.3) is 5.52 Å². The number of ether oxygens (including phenoxy) is 2. The number of methoxy groups -OCH3 is 2. The quantitative estimate of drug-likeness (QED) is 0.318. The number of nitrogen functional groups attached to an aromatic ring is 1. The first-order valence-electron chi connectivity index (χ1n) is 13.5.